The van der Waals surface area contributed by atoms with E-state index in [2.05, 4.69) is 114 Å². The molecule has 1 N–H and O–H groups in total. The minimum absolute atomic E-state index is 0.809. The number of aryl methyl sites for hydroxylation is 2. The van der Waals surface area contributed by atoms with Crippen LogP contribution in [0.15, 0.2) is 74.0 Å². The zero-order valence-electron chi connectivity index (χ0n) is 20.2. The second kappa shape index (κ2) is 11.2. The largest absolute Gasteiger partial charge is 0.375 e. The average Bonchev–Trinajstić information content (AvgIpc) is 3.13. The van der Waals surface area contributed by atoms with Crippen LogP contribution in [-0.2, 0) is 0 Å². The van der Waals surface area contributed by atoms with Crippen molar-refractivity contribution < 1.29 is 0 Å². The number of nitrogens with zero attached hydrogens (tertiary/aromatic N) is 3. The molecule has 1 atom stereocenters. The molecule has 0 fully saturated rings. The number of allylic oxidation sites excluding steroid dienone is 2. The van der Waals surface area contributed by atoms with Gasteiger partial charge in [-0.05, 0) is 55.5 Å². The Labute approximate surface area is 200 Å². The first kappa shape index (κ1) is 24.5. The molecule has 33 heavy (non-hydrogen) atoms. The van der Waals surface area contributed by atoms with Gasteiger partial charge in [-0.15, -0.1) is 9.24 Å². The van der Waals surface area contributed by atoms with Crippen LogP contribution >= 0.6 is 9.24 Å². The van der Waals surface area contributed by atoms with Crippen molar-refractivity contribution in [3.63, 3.8) is 0 Å². The minimum atomic E-state index is 0.809. The fourth-order valence-electron chi connectivity index (χ4n) is 3.80. The van der Waals surface area contributed by atoms with Crippen LogP contribution in [0.1, 0.15) is 34.4 Å². The summed E-state index contributed by atoms with van der Waals surface area (Å²) in [6, 6.07) is 16.7. The number of rotatable bonds is 10. The van der Waals surface area contributed by atoms with Crippen LogP contribution in [0.5, 0.6) is 0 Å². The molecule has 0 saturated carbocycles. The highest BCUT2D eigenvalue weighted by Crippen LogP contribution is 2.21. The molecule has 2 aromatic carbocycles. The van der Waals surface area contributed by atoms with Gasteiger partial charge in [-0.1, -0.05) is 61.7 Å². The zero-order valence-corrected chi connectivity index (χ0v) is 21.4. The Morgan fingerprint density at radius 1 is 1.03 bits per heavy atom. The van der Waals surface area contributed by atoms with Gasteiger partial charge < -0.3 is 10.2 Å². The molecule has 0 aliphatic heterocycles. The molecule has 5 heteroatoms. The van der Waals surface area contributed by atoms with Gasteiger partial charge in [0.25, 0.3) is 0 Å². The fourth-order valence-corrected chi connectivity index (χ4v) is 3.99. The average molecular weight is 459 g/mol. The van der Waals surface area contributed by atoms with Gasteiger partial charge in [-0.25, -0.2) is 4.68 Å². The summed E-state index contributed by atoms with van der Waals surface area (Å²) in [5.74, 6) is 0.926. The van der Waals surface area contributed by atoms with Gasteiger partial charge in [-0.3, -0.25) is 0 Å². The van der Waals surface area contributed by atoms with E-state index in [1.54, 1.807) is 0 Å². The maximum Gasteiger partial charge on any atom is 0.128 e. The molecule has 3 aromatic rings. The van der Waals surface area contributed by atoms with Crippen molar-refractivity contribution in [2.45, 2.75) is 27.2 Å². The van der Waals surface area contributed by atoms with Crippen LogP contribution in [-0.4, -0.2) is 34.8 Å². The molecule has 0 aliphatic carbocycles. The number of aromatic nitrogens is 2. The van der Waals surface area contributed by atoms with Gasteiger partial charge >= 0.3 is 0 Å². The van der Waals surface area contributed by atoms with Crippen molar-refractivity contribution in [3.05, 3.63) is 102 Å². The Morgan fingerprint density at radius 2 is 1.64 bits per heavy atom. The predicted molar refractivity (Wildman–Crippen MR) is 146 cm³/mol. The van der Waals surface area contributed by atoms with E-state index < -0.39 is 0 Å². The predicted octanol–water partition coefficient (Wildman–Crippen LogP) is 5.40. The molecule has 1 unspecified atom stereocenters. The Bertz CT molecular complexity index is 1170. The summed E-state index contributed by atoms with van der Waals surface area (Å²) in [4.78, 5) is 2.22. The minimum Gasteiger partial charge on any atom is -0.375 e. The highest BCUT2D eigenvalue weighted by atomic mass is 31.0. The van der Waals surface area contributed by atoms with Crippen LogP contribution in [0.3, 0.4) is 0 Å². The third-order valence-corrected chi connectivity index (χ3v) is 6.54. The zero-order chi connectivity index (χ0) is 24.0. The molecular formula is C28H35N4P. The molecule has 0 radical (unpaired) electrons. The second-order valence-electron chi connectivity index (χ2n) is 8.43. The molecule has 1 aromatic heterocycles. The van der Waals surface area contributed by atoms with Gasteiger partial charge in [0.2, 0.25) is 0 Å². The summed E-state index contributed by atoms with van der Waals surface area (Å²) in [5, 5.41) is 9.25. The lowest BCUT2D eigenvalue weighted by Crippen LogP contribution is -2.25. The SMILES string of the molecule is C=C(/C=C(/NCCCN(C)C(=C)c1ccccc1C)n1ncc(P)c1C)c1ccccc1C. The molecule has 4 nitrogen and oxygen atoms in total. The molecule has 0 bridgehead atoms. The van der Waals surface area contributed by atoms with Crippen molar-refractivity contribution >= 4 is 31.6 Å². The number of benzene rings is 2. The molecule has 3 rings (SSSR count). The topological polar surface area (TPSA) is 33.1 Å². The van der Waals surface area contributed by atoms with Crippen molar-refractivity contribution in [2.75, 3.05) is 20.1 Å². The van der Waals surface area contributed by atoms with E-state index in [1.807, 2.05) is 16.9 Å². The Hall–Kier alpha value is -3.10. The Morgan fingerprint density at radius 3 is 2.21 bits per heavy atom. The first-order valence-electron chi connectivity index (χ1n) is 11.3. The number of hydrogen-bond donors (Lipinski definition) is 1. The van der Waals surface area contributed by atoms with E-state index in [4.69, 9.17) is 0 Å². The lowest BCUT2D eigenvalue weighted by molar-refractivity contribution is 0.463. The van der Waals surface area contributed by atoms with E-state index in [-0.39, 0.29) is 0 Å². The second-order valence-corrected chi connectivity index (χ2v) is 9.05. The van der Waals surface area contributed by atoms with E-state index in [0.29, 0.717) is 0 Å². The first-order chi connectivity index (χ1) is 15.8. The highest BCUT2D eigenvalue weighted by molar-refractivity contribution is 7.27. The lowest BCUT2D eigenvalue weighted by atomic mass is 10.0. The standard InChI is InChI=1S/C28H35N4P/c1-20-12-7-9-14-25(20)22(3)18-28(32-24(5)27(33)19-30-32)29-16-11-17-31(6)23(4)26-15-10-8-13-21(26)2/h7-10,12-15,18-19,29H,3-4,11,16-17,33H2,1-2,5-6H3/b28-18-. The van der Waals surface area contributed by atoms with E-state index in [1.165, 1.54) is 16.7 Å². The number of hydrogen-bond acceptors (Lipinski definition) is 3. The van der Waals surface area contributed by atoms with Crippen LogP contribution in [0.25, 0.3) is 17.1 Å². The third kappa shape index (κ3) is 6.03. The Kier molecular flexibility index (Phi) is 8.30. The summed E-state index contributed by atoms with van der Waals surface area (Å²) in [6.45, 7) is 16.7. The monoisotopic (exact) mass is 458 g/mol. The van der Waals surface area contributed by atoms with Gasteiger partial charge in [0.15, 0.2) is 0 Å². The van der Waals surface area contributed by atoms with Gasteiger partial charge in [0, 0.05) is 42.4 Å². The maximum atomic E-state index is 4.58. The van der Waals surface area contributed by atoms with E-state index >= 15 is 0 Å². The molecular weight excluding hydrogens is 423 g/mol. The van der Waals surface area contributed by atoms with Gasteiger partial charge in [0.1, 0.15) is 5.82 Å². The smallest absolute Gasteiger partial charge is 0.128 e. The Balaban J connectivity index is 1.69. The summed E-state index contributed by atoms with van der Waals surface area (Å²) in [7, 11) is 4.85. The maximum absolute atomic E-state index is 4.58. The highest BCUT2D eigenvalue weighted by Gasteiger charge is 2.11. The molecule has 0 spiro atoms. The van der Waals surface area contributed by atoms with Crippen molar-refractivity contribution in [1.82, 2.24) is 20.0 Å². The summed E-state index contributed by atoms with van der Waals surface area (Å²) in [5.41, 5.74) is 7.88. The quantitative estimate of drug-likeness (QED) is 0.251. The van der Waals surface area contributed by atoms with Gasteiger partial charge in [0.05, 0.1) is 6.20 Å². The van der Waals surface area contributed by atoms with E-state index in [0.717, 1.165) is 53.2 Å². The molecule has 1 heterocycles. The summed E-state index contributed by atoms with van der Waals surface area (Å²) >= 11 is 0. The lowest BCUT2D eigenvalue weighted by Gasteiger charge is -2.23. The number of nitrogens with one attached hydrogen (secondary N) is 1. The van der Waals surface area contributed by atoms with Crippen LogP contribution < -0.4 is 10.6 Å². The molecule has 0 saturated heterocycles. The first-order valence-corrected chi connectivity index (χ1v) is 11.8. The molecule has 0 aliphatic rings. The molecule has 172 valence electrons. The van der Waals surface area contributed by atoms with Crippen molar-refractivity contribution in [3.8, 4) is 0 Å². The van der Waals surface area contributed by atoms with E-state index in [9.17, 15) is 0 Å². The fraction of sp³-hybridized carbons (Fsp3) is 0.250. The van der Waals surface area contributed by atoms with Crippen LogP contribution in [0.4, 0.5) is 0 Å². The van der Waals surface area contributed by atoms with Crippen molar-refractivity contribution in [1.29, 1.82) is 0 Å². The summed E-state index contributed by atoms with van der Waals surface area (Å²) < 4.78 is 1.95. The third-order valence-electron chi connectivity index (χ3n) is 5.97. The van der Waals surface area contributed by atoms with Crippen molar-refractivity contribution in [2.24, 2.45) is 0 Å². The normalized spacial score (nSPS) is 11.4. The summed E-state index contributed by atoms with van der Waals surface area (Å²) in [6.07, 6.45) is 4.91. The van der Waals surface area contributed by atoms with Gasteiger partial charge in [-0.2, -0.15) is 5.10 Å². The van der Waals surface area contributed by atoms with Crippen LogP contribution in [0.2, 0.25) is 0 Å². The molecule has 0 amide bonds. The van der Waals surface area contributed by atoms with Crippen LogP contribution in [0, 0.1) is 20.8 Å².